The first-order valence-electron chi connectivity index (χ1n) is 6.97. The number of hydrogen-bond acceptors (Lipinski definition) is 4. The Morgan fingerprint density at radius 3 is 2.86 bits per heavy atom. The Morgan fingerprint density at radius 2 is 2.19 bits per heavy atom. The first-order chi connectivity index (χ1) is 9.94. The van der Waals surface area contributed by atoms with E-state index in [1.54, 1.807) is 22.4 Å². The number of carbonyl (C=O) groups is 1. The number of ether oxygens (including phenoxy) is 1. The lowest BCUT2D eigenvalue weighted by atomic mass is 10.1. The van der Waals surface area contributed by atoms with Gasteiger partial charge in [-0.3, -0.25) is 4.90 Å². The smallest absolute Gasteiger partial charge is 0.414 e. The van der Waals surface area contributed by atoms with Gasteiger partial charge in [0.2, 0.25) is 0 Å². The van der Waals surface area contributed by atoms with Gasteiger partial charge in [0, 0.05) is 23.7 Å². The second-order valence-corrected chi connectivity index (χ2v) is 6.96. The minimum Gasteiger partial charge on any atom is -0.443 e. The molecule has 0 bridgehead atoms. The zero-order valence-corrected chi connectivity index (χ0v) is 13.2. The van der Waals surface area contributed by atoms with Gasteiger partial charge in [-0.1, -0.05) is 0 Å². The maximum atomic E-state index is 12.2. The molecule has 0 spiro atoms. The first-order valence-corrected chi connectivity index (χ1v) is 7.85. The number of nitrogens with zero attached hydrogens (tertiary/aromatic N) is 2. The monoisotopic (exact) mass is 302 g/mol. The van der Waals surface area contributed by atoms with Gasteiger partial charge >= 0.3 is 6.09 Å². The van der Waals surface area contributed by atoms with Crippen LogP contribution < -0.4 is 4.90 Å². The molecule has 0 atom stereocenters. The summed E-state index contributed by atoms with van der Waals surface area (Å²) < 4.78 is 5.46. The summed E-state index contributed by atoms with van der Waals surface area (Å²) in [6, 6.07) is 6.13. The van der Waals surface area contributed by atoms with Crippen LogP contribution in [0.25, 0.3) is 10.6 Å². The van der Waals surface area contributed by atoms with E-state index in [4.69, 9.17) is 4.74 Å². The Kier molecular flexibility index (Phi) is 3.45. The fraction of sp³-hybridized carbons (Fsp3) is 0.375. The molecule has 0 fully saturated rings. The fourth-order valence-corrected chi connectivity index (χ4v) is 3.04. The minimum absolute atomic E-state index is 0.275. The molecule has 1 aliphatic heterocycles. The number of rotatable bonds is 1. The van der Waals surface area contributed by atoms with Crippen LogP contribution in [-0.2, 0) is 11.2 Å². The summed E-state index contributed by atoms with van der Waals surface area (Å²) >= 11 is 1.62. The Labute approximate surface area is 128 Å². The van der Waals surface area contributed by atoms with Crippen LogP contribution in [0.15, 0.2) is 29.8 Å². The predicted molar refractivity (Wildman–Crippen MR) is 84.8 cm³/mol. The van der Waals surface area contributed by atoms with Crippen LogP contribution in [0.2, 0.25) is 0 Å². The molecule has 5 heteroatoms. The number of thiazole rings is 1. The zero-order chi connectivity index (χ0) is 15.0. The van der Waals surface area contributed by atoms with E-state index in [9.17, 15) is 4.79 Å². The van der Waals surface area contributed by atoms with Gasteiger partial charge in [0.05, 0.1) is 5.69 Å². The van der Waals surface area contributed by atoms with E-state index in [0.717, 1.165) is 22.7 Å². The van der Waals surface area contributed by atoms with E-state index in [1.807, 2.05) is 38.3 Å². The zero-order valence-electron chi connectivity index (χ0n) is 12.4. The van der Waals surface area contributed by atoms with Crippen molar-refractivity contribution in [2.24, 2.45) is 0 Å². The molecule has 0 aliphatic carbocycles. The van der Waals surface area contributed by atoms with Crippen molar-refractivity contribution in [1.29, 1.82) is 0 Å². The average molecular weight is 302 g/mol. The van der Waals surface area contributed by atoms with Gasteiger partial charge in [-0.25, -0.2) is 9.78 Å². The highest BCUT2D eigenvalue weighted by Crippen LogP contribution is 2.33. The summed E-state index contributed by atoms with van der Waals surface area (Å²) in [5, 5.41) is 2.98. The Hall–Kier alpha value is -1.88. The van der Waals surface area contributed by atoms with Crippen LogP contribution in [0.4, 0.5) is 10.5 Å². The summed E-state index contributed by atoms with van der Waals surface area (Å²) in [4.78, 5) is 18.3. The second-order valence-electron chi connectivity index (χ2n) is 6.06. The molecule has 1 amide bonds. The number of hydrogen-bond donors (Lipinski definition) is 0. The number of carbonyl (C=O) groups excluding carboxylic acids is 1. The topological polar surface area (TPSA) is 42.4 Å². The number of anilines is 1. The van der Waals surface area contributed by atoms with Crippen LogP contribution >= 0.6 is 11.3 Å². The normalized spacial score (nSPS) is 14.1. The summed E-state index contributed by atoms with van der Waals surface area (Å²) in [6.07, 6.45) is 2.39. The molecule has 0 N–H and O–H groups in total. The van der Waals surface area contributed by atoms with E-state index >= 15 is 0 Å². The third-order valence-corrected chi connectivity index (χ3v) is 4.09. The van der Waals surface area contributed by atoms with Crippen molar-refractivity contribution in [2.75, 3.05) is 11.4 Å². The molecule has 0 radical (unpaired) electrons. The lowest BCUT2D eigenvalue weighted by molar-refractivity contribution is 0.0584. The largest absolute Gasteiger partial charge is 0.443 e. The first kappa shape index (κ1) is 14.1. The molecular formula is C16H18N2O2S. The summed E-state index contributed by atoms with van der Waals surface area (Å²) in [7, 11) is 0. The molecule has 110 valence electrons. The molecule has 1 aromatic carbocycles. The lowest BCUT2D eigenvalue weighted by Crippen LogP contribution is -2.35. The quantitative estimate of drug-likeness (QED) is 0.796. The van der Waals surface area contributed by atoms with E-state index in [1.165, 1.54) is 5.56 Å². The van der Waals surface area contributed by atoms with E-state index in [0.29, 0.717) is 6.54 Å². The molecule has 21 heavy (non-hydrogen) atoms. The molecule has 2 heterocycles. The van der Waals surface area contributed by atoms with Gasteiger partial charge < -0.3 is 4.74 Å². The Morgan fingerprint density at radius 1 is 1.38 bits per heavy atom. The Balaban J connectivity index is 1.85. The van der Waals surface area contributed by atoms with Gasteiger partial charge in [-0.15, -0.1) is 11.3 Å². The minimum atomic E-state index is -0.472. The van der Waals surface area contributed by atoms with Crippen molar-refractivity contribution in [1.82, 2.24) is 4.98 Å². The van der Waals surface area contributed by atoms with Crippen molar-refractivity contribution in [3.05, 3.63) is 35.3 Å². The molecular weight excluding hydrogens is 284 g/mol. The summed E-state index contributed by atoms with van der Waals surface area (Å²) in [5.41, 5.74) is 2.76. The molecule has 2 aromatic rings. The van der Waals surface area contributed by atoms with Gasteiger partial charge in [0.1, 0.15) is 10.6 Å². The number of benzene rings is 1. The third kappa shape index (κ3) is 2.93. The number of amides is 1. The van der Waals surface area contributed by atoms with Crippen LogP contribution in [0.3, 0.4) is 0 Å². The third-order valence-electron chi connectivity index (χ3n) is 3.27. The predicted octanol–water partition coefficient (Wildman–Crippen LogP) is 4.11. The van der Waals surface area contributed by atoms with Crippen LogP contribution in [0.5, 0.6) is 0 Å². The van der Waals surface area contributed by atoms with Crippen molar-refractivity contribution < 1.29 is 9.53 Å². The molecule has 0 unspecified atom stereocenters. The van der Waals surface area contributed by atoms with Crippen molar-refractivity contribution in [3.63, 3.8) is 0 Å². The highest BCUT2D eigenvalue weighted by molar-refractivity contribution is 7.13. The van der Waals surface area contributed by atoms with Crippen molar-refractivity contribution in [3.8, 4) is 10.6 Å². The maximum absolute atomic E-state index is 12.2. The highest BCUT2D eigenvalue weighted by atomic mass is 32.1. The highest BCUT2D eigenvalue weighted by Gasteiger charge is 2.29. The Bertz CT molecular complexity index is 659. The maximum Gasteiger partial charge on any atom is 0.414 e. The van der Waals surface area contributed by atoms with Crippen molar-refractivity contribution >= 4 is 23.1 Å². The van der Waals surface area contributed by atoms with Crippen LogP contribution in [0, 0.1) is 0 Å². The number of aromatic nitrogens is 1. The summed E-state index contributed by atoms with van der Waals surface area (Å²) in [5.74, 6) is 0. The van der Waals surface area contributed by atoms with Crippen molar-refractivity contribution in [2.45, 2.75) is 32.8 Å². The van der Waals surface area contributed by atoms with Crippen LogP contribution in [0.1, 0.15) is 26.3 Å². The molecule has 4 nitrogen and oxygen atoms in total. The van der Waals surface area contributed by atoms with E-state index < -0.39 is 5.60 Å². The van der Waals surface area contributed by atoms with Crippen LogP contribution in [-0.4, -0.2) is 23.2 Å². The summed E-state index contributed by atoms with van der Waals surface area (Å²) in [6.45, 7) is 6.32. The number of fused-ring (bicyclic) bond motifs is 1. The van der Waals surface area contributed by atoms with Gasteiger partial charge in [-0.2, -0.15) is 0 Å². The molecule has 1 aromatic heterocycles. The molecule has 0 saturated carbocycles. The fourth-order valence-electron chi connectivity index (χ4n) is 2.41. The molecule has 1 aliphatic rings. The van der Waals surface area contributed by atoms with Gasteiger partial charge in [-0.05, 0) is 51.0 Å². The SMILES string of the molecule is CC(C)(C)OC(=O)N1CCc2cc(-c3nccs3)ccc21. The average Bonchev–Trinajstić information content (AvgIpc) is 3.05. The van der Waals surface area contributed by atoms with Gasteiger partial charge in [0.15, 0.2) is 0 Å². The van der Waals surface area contributed by atoms with Gasteiger partial charge in [0.25, 0.3) is 0 Å². The molecule has 0 saturated heterocycles. The standard InChI is InChI=1S/C16H18N2O2S/c1-16(2,3)20-15(19)18-8-6-11-10-12(4-5-13(11)18)14-17-7-9-21-14/h4-5,7,9-10H,6,8H2,1-3H3. The van der Waals surface area contributed by atoms with E-state index in [-0.39, 0.29) is 6.09 Å². The lowest BCUT2D eigenvalue weighted by Gasteiger charge is -2.24. The second kappa shape index (κ2) is 5.15. The molecule has 3 rings (SSSR count). The van der Waals surface area contributed by atoms with E-state index in [2.05, 4.69) is 11.1 Å².